The molecule has 0 radical (unpaired) electrons. The standard InChI is InChI=1S/C21H20F3N7O2S/c22-21(23,24)13-6-5-7-14(10-13)26-15(32)11-31-20(33)30-12-25-18-16(17(30)28-31)27-19(34-18)29-8-3-1-2-4-9-29/h5-7,10,12H,1-4,8-9,11H2,(H,26,32). The van der Waals surface area contributed by atoms with E-state index in [1.54, 1.807) is 0 Å². The molecule has 0 aliphatic carbocycles. The van der Waals surface area contributed by atoms with Crippen LogP contribution in [0.2, 0.25) is 0 Å². The number of rotatable bonds is 4. The number of nitrogens with one attached hydrogen (secondary N) is 1. The van der Waals surface area contributed by atoms with Crippen molar-refractivity contribution >= 4 is 44.1 Å². The quantitative estimate of drug-likeness (QED) is 0.469. The monoisotopic (exact) mass is 491 g/mol. The van der Waals surface area contributed by atoms with Crippen molar-refractivity contribution in [3.05, 3.63) is 46.6 Å². The molecule has 1 fully saturated rings. The molecular weight excluding hydrogens is 471 g/mol. The maximum absolute atomic E-state index is 12.9. The van der Waals surface area contributed by atoms with Gasteiger partial charge in [0.1, 0.15) is 18.4 Å². The molecule has 1 amide bonds. The predicted octanol–water partition coefficient (Wildman–Crippen LogP) is 3.54. The van der Waals surface area contributed by atoms with Crippen LogP contribution in [0.15, 0.2) is 35.4 Å². The van der Waals surface area contributed by atoms with E-state index >= 15 is 0 Å². The summed E-state index contributed by atoms with van der Waals surface area (Å²) in [4.78, 5) is 37.1. The van der Waals surface area contributed by atoms with Gasteiger partial charge in [-0.1, -0.05) is 30.2 Å². The lowest BCUT2D eigenvalue weighted by Crippen LogP contribution is -2.28. The van der Waals surface area contributed by atoms with Gasteiger partial charge in [-0.25, -0.2) is 23.8 Å². The number of hydrogen-bond acceptors (Lipinski definition) is 7. The number of alkyl halides is 3. The summed E-state index contributed by atoms with van der Waals surface area (Å²) in [7, 11) is 0. The zero-order valence-electron chi connectivity index (χ0n) is 17.9. The van der Waals surface area contributed by atoms with Crippen LogP contribution in [0.5, 0.6) is 0 Å². The fraction of sp³-hybridized carbons (Fsp3) is 0.381. The number of carbonyl (C=O) groups is 1. The molecule has 5 rings (SSSR count). The predicted molar refractivity (Wildman–Crippen MR) is 121 cm³/mol. The minimum atomic E-state index is -4.53. The smallest absolute Gasteiger partial charge is 0.348 e. The Kier molecular flexibility index (Phi) is 5.71. The Bertz CT molecular complexity index is 1420. The number of carbonyl (C=O) groups excluding carboxylic acids is 1. The number of benzene rings is 1. The van der Waals surface area contributed by atoms with E-state index < -0.39 is 29.9 Å². The molecule has 1 aromatic carbocycles. The molecule has 1 aliphatic rings. The second kappa shape index (κ2) is 8.70. The van der Waals surface area contributed by atoms with Crippen LogP contribution < -0.4 is 15.9 Å². The normalized spacial score (nSPS) is 15.1. The molecule has 0 unspecified atom stereocenters. The Morgan fingerprint density at radius 1 is 1.15 bits per heavy atom. The first-order valence-electron chi connectivity index (χ1n) is 10.8. The number of halogens is 3. The highest BCUT2D eigenvalue weighted by Gasteiger charge is 2.30. The van der Waals surface area contributed by atoms with E-state index in [4.69, 9.17) is 0 Å². The Labute approximate surface area is 194 Å². The molecule has 0 bridgehead atoms. The number of nitrogens with zero attached hydrogens (tertiary/aromatic N) is 6. The van der Waals surface area contributed by atoms with Crippen molar-refractivity contribution in [3.63, 3.8) is 0 Å². The van der Waals surface area contributed by atoms with Crippen molar-refractivity contribution < 1.29 is 18.0 Å². The summed E-state index contributed by atoms with van der Waals surface area (Å²) in [6.07, 6.45) is 1.37. The van der Waals surface area contributed by atoms with E-state index in [2.05, 4.69) is 25.3 Å². The lowest BCUT2D eigenvalue weighted by atomic mass is 10.2. The zero-order valence-corrected chi connectivity index (χ0v) is 18.7. The van der Waals surface area contributed by atoms with Crippen molar-refractivity contribution in [2.45, 2.75) is 38.4 Å². The van der Waals surface area contributed by atoms with Crippen molar-refractivity contribution in [1.82, 2.24) is 24.1 Å². The lowest BCUT2D eigenvalue weighted by molar-refractivity contribution is -0.137. The van der Waals surface area contributed by atoms with Crippen LogP contribution in [0, 0.1) is 0 Å². The number of fused-ring (bicyclic) bond motifs is 3. The molecule has 0 atom stereocenters. The van der Waals surface area contributed by atoms with Gasteiger partial charge in [-0.05, 0) is 31.0 Å². The van der Waals surface area contributed by atoms with Gasteiger partial charge < -0.3 is 10.2 Å². The Morgan fingerprint density at radius 3 is 2.65 bits per heavy atom. The van der Waals surface area contributed by atoms with Crippen LogP contribution in [0.1, 0.15) is 31.2 Å². The highest BCUT2D eigenvalue weighted by atomic mass is 32.1. The summed E-state index contributed by atoms with van der Waals surface area (Å²) in [5.41, 5.74) is -0.748. The highest BCUT2D eigenvalue weighted by Crippen LogP contribution is 2.31. The first-order chi connectivity index (χ1) is 16.3. The maximum atomic E-state index is 12.9. The zero-order chi connectivity index (χ0) is 23.9. The van der Waals surface area contributed by atoms with Crippen molar-refractivity contribution in [2.75, 3.05) is 23.3 Å². The molecule has 9 nitrogen and oxygen atoms in total. The molecular formula is C21H20F3N7O2S. The average molecular weight is 491 g/mol. The van der Waals surface area contributed by atoms with Crippen LogP contribution >= 0.6 is 11.3 Å². The van der Waals surface area contributed by atoms with Gasteiger partial charge in [0.25, 0.3) is 0 Å². The third-order valence-corrected chi connectivity index (χ3v) is 6.64. The molecule has 3 aromatic heterocycles. The number of anilines is 2. The molecule has 0 spiro atoms. The SMILES string of the molecule is O=C(Cn1nc2c3nc(N4CCCCCC4)sc3ncn2c1=O)Nc1cccc(C(F)(F)F)c1. The number of thiazole rings is 1. The summed E-state index contributed by atoms with van der Waals surface area (Å²) in [6, 6.07) is 4.28. The summed E-state index contributed by atoms with van der Waals surface area (Å²) in [5.74, 6) is -0.683. The largest absolute Gasteiger partial charge is 0.416 e. The summed E-state index contributed by atoms with van der Waals surface area (Å²) < 4.78 is 40.9. The van der Waals surface area contributed by atoms with E-state index in [9.17, 15) is 22.8 Å². The van der Waals surface area contributed by atoms with E-state index in [0.29, 0.717) is 10.3 Å². The fourth-order valence-electron chi connectivity index (χ4n) is 3.94. The molecule has 0 saturated carbocycles. The van der Waals surface area contributed by atoms with Gasteiger partial charge in [-0.2, -0.15) is 13.2 Å². The summed E-state index contributed by atoms with van der Waals surface area (Å²) in [6.45, 7) is 1.35. The fourth-order valence-corrected chi connectivity index (χ4v) is 4.90. The average Bonchev–Trinajstić information content (AvgIpc) is 3.23. The molecule has 1 saturated heterocycles. The minimum Gasteiger partial charge on any atom is -0.348 e. The van der Waals surface area contributed by atoms with Gasteiger partial charge >= 0.3 is 11.9 Å². The lowest BCUT2D eigenvalue weighted by Gasteiger charge is -2.18. The van der Waals surface area contributed by atoms with Gasteiger partial charge in [0.2, 0.25) is 5.91 Å². The third kappa shape index (κ3) is 4.34. The van der Waals surface area contributed by atoms with Crippen molar-refractivity contribution in [2.24, 2.45) is 0 Å². The molecule has 13 heteroatoms. The second-order valence-corrected chi connectivity index (χ2v) is 9.01. The topological polar surface area (TPSA) is 97.4 Å². The summed E-state index contributed by atoms with van der Waals surface area (Å²) in [5, 5.41) is 7.47. The van der Waals surface area contributed by atoms with Crippen LogP contribution in [-0.2, 0) is 17.5 Å². The minimum absolute atomic E-state index is 0.0257. The van der Waals surface area contributed by atoms with Crippen LogP contribution in [0.4, 0.5) is 24.0 Å². The third-order valence-electron chi connectivity index (χ3n) is 5.61. The van der Waals surface area contributed by atoms with E-state index in [0.717, 1.165) is 47.9 Å². The van der Waals surface area contributed by atoms with Crippen LogP contribution in [-0.4, -0.2) is 43.1 Å². The Balaban J connectivity index is 1.40. The molecule has 178 valence electrons. The molecule has 1 N–H and O–H groups in total. The van der Waals surface area contributed by atoms with Gasteiger partial charge in [-0.15, -0.1) is 5.10 Å². The Hall–Kier alpha value is -3.48. The second-order valence-electron chi connectivity index (χ2n) is 8.06. The molecule has 4 aromatic rings. The van der Waals surface area contributed by atoms with Gasteiger partial charge in [0.15, 0.2) is 15.6 Å². The first kappa shape index (κ1) is 22.3. The van der Waals surface area contributed by atoms with E-state index in [1.807, 2.05) is 0 Å². The molecule has 4 heterocycles. The molecule has 34 heavy (non-hydrogen) atoms. The first-order valence-corrected chi connectivity index (χ1v) is 11.6. The van der Waals surface area contributed by atoms with Crippen LogP contribution in [0.3, 0.4) is 0 Å². The van der Waals surface area contributed by atoms with E-state index in [1.165, 1.54) is 47.0 Å². The van der Waals surface area contributed by atoms with E-state index in [-0.39, 0.29) is 11.3 Å². The van der Waals surface area contributed by atoms with Crippen molar-refractivity contribution in [3.8, 4) is 0 Å². The highest BCUT2D eigenvalue weighted by molar-refractivity contribution is 7.21. The summed E-state index contributed by atoms with van der Waals surface area (Å²) >= 11 is 1.43. The van der Waals surface area contributed by atoms with Gasteiger partial charge in [-0.3, -0.25) is 4.79 Å². The van der Waals surface area contributed by atoms with Gasteiger partial charge in [0, 0.05) is 18.8 Å². The Morgan fingerprint density at radius 2 is 1.91 bits per heavy atom. The maximum Gasteiger partial charge on any atom is 0.416 e. The molecule has 1 aliphatic heterocycles. The number of hydrogen-bond donors (Lipinski definition) is 1. The van der Waals surface area contributed by atoms with Gasteiger partial charge in [0.05, 0.1) is 5.56 Å². The van der Waals surface area contributed by atoms with Crippen LogP contribution in [0.25, 0.3) is 16.0 Å². The van der Waals surface area contributed by atoms with Crippen molar-refractivity contribution in [1.29, 1.82) is 0 Å². The number of amides is 1. The number of aromatic nitrogens is 5.